The standard InChI is InChI=1S/C16H17BrN2O2/c1-16(2,3)19(15(20)21)14-6-4-11(5-7-14)12-8-13(17)10-18-9-12/h4-10H,1-3H3,(H,20,21). The fourth-order valence-electron chi connectivity index (χ4n) is 2.16. The van der Waals surface area contributed by atoms with Crippen molar-refractivity contribution in [3.8, 4) is 11.1 Å². The molecule has 0 atom stereocenters. The molecule has 1 N–H and O–H groups in total. The number of carbonyl (C=O) groups is 1. The van der Waals surface area contributed by atoms with Crippen molar-refractivity contribution in [2.45, 2.75) is 26.3 Å². The molecule has 1 aromatic heterocycles. The van der Waals surface area contributed by atoms with Gasteiger partial charge in [0.25, 0.3) is 0 Å². The minimum absolute atomic E-state index is 0.495. The second-order valence-electron chi connectivity index (χ2n) is 5.73. The van der Waals surface area contributed by atoms with Crippen molar-refractivity contribution >= 4 is 27.7 Å². The van der Waals surface area contributed by atoms with Crippen LogP contribution >= 0.6 is 15.9 Å². The normalized spacial score (nSPS) is 11.2. The van der Waals surface area contributed by atoms with Gasteiger partial charge in [0.1, 0.15) is 0 Å². The lowest BCUT2D eigenvalue weighted by molar-refractivity contribution is 0.195. The molecule has 0 fully saturated rings. The number of carboxylic acid groups (broad SMARTS) is 1. The lowest BCUT2D eigenvalue weighted by Gasteiger charge is -2.33. The van der Waals surface area contributed by atoms with E-state index in [0.717, 1.165) is 15.6 Å². The average Bonchev–Trinajstić information content (AvgIpc) is 2.37. The third-order valence-corrected chi connectivity index (χ3v) is 3.46. The molecule has 5 heteroatoms. The van der Waals surface area contributed by atoms with Crippen LogP contribution in [0.15, 0.2) is 47.2 Å². The molecule has 21 heavy (non-hydrogen) atoms. The molecule has 0 aliphatic carbocycles. The molecule has 4 nitrogen and oxygen atoms in total. The van der Waals surface area contributed by atoms with Crippen molar-refractivity contribution in [3.63, 3.8) is 0 Å². The van der Waals surface area contributed by atoms with E-state index in [4.69, 9.17) is 0 Å². The second kappa shape index (κ2) is 5.85. The van der Waals surface area contributed by atoms with Crippen molar-refractivity contribution in [2.75, 3.05) is 4.90 Å². The van der Waals surface area contributed by atoms with Gasteiger partial charge >= 0.3 is 6.09 Å². The Kier molecular flexibility index (Phi) is 4.32. The van der Waals surface area contributed by atoms with Crippen LogP contribution in [0, 0.1) is 0 Å². The van der Waals surface area contributed by atoms with Gasteiger partial charge in [0, 0.05) is 33.7 Å². The zero-order chi connectivity index (χ0) is 15.6. The molecule has 2 rings (SSSR count). The summed E-state index contributed by atoms with van der Waals surface area (Å²) in [7, 11) is 0. The van der Waals surface area contributed by atoms with E-state index < -0.39 is 11.6 Å². The number of amides is 1. The minimum Gasteiger partial charge on any atom is -0.465 e. The van der Waals surface area contributed by atoms with Crippen LogP contribution in [-0.2, 0) is 0 Å². The molecular weight excluding hydrogens is 332 g/mol. The number of rotatable bonds is 2. The Bertz CT molecular complexity index is 648. The van der Waals surface area contributed by atoms with E-state index >= 15 is 0 Å². The molecule has 0 bridgehead atoms. The summed E-state index contributed by atoms with van der Waals surface area (Å²) in [6, 6.07) is 9.41. The van der Waals surface area contributed by atoms with Gasteiger partial charge in [-0.15, -0.1) is 0 Å². The topological polar surface area (TPSA) is 53.4 Å². The summed E-state index contributed by atoms with van der Waals surface area (Å²) >= 11 is 3.39. The SMILES string of the molecule is CC(C)(C)N(C(=O)O)c1ccc(-c2cncc(Br)c2)cc1. The Morgan fingerprint density at radius 2 is 1.76 bits per heavy atom. The van der Waals surface area contributed by atoms with Crippen molar-refractivity contribution < 1.29 is 9.90 Å². The summed E-state index contributed by atoms with van der Waals surface area (Å²) in [5, 5.41) is 9.39. The molecule has 2 aromatic rings. The van der Waals surface area contributed by atoms with E-state index in [1.807, 2.05) is 51.1 Å². The van der Waals surface area contributed by atoms with E-state index in [9.17, 15) is 9.90 Å². The van der Waals surface area contributed by atoms with Gasteiger partial charge < -0.3 is 5.11 Å². The predicted molar refractivity (Wildman–Crippen MR) is 87.6 cm³/mol. The Balaban J connectivity index is 2.36. The monoisotopic (exact) mass is 348 g/mol. The third kappa shape index (κ3) is 3.61. The van der Waals surface area contributed by atoms with E-state index in [1.54, 1.807) is 12.4 Å². The molecular formula is C16H17BrN2O2. The lowest BCUT2D eigenvalue weighted by atomic mass is 10.0. The number of halogens is 1. The first-order valence-electron chi connectivity index (χ1n) is 6.53. The minimum atomic E-state index is -0.959. The Morgan fingerprint density at radius 1 is 1.14 bits per heavy atom. The maximum Gasteiger partial charge on any atom is 0.412 e. The van der Waals surface area contributed by atoms with Gasteiger partial charge in [-0.05, 0) is 60.5 Å². The predicted octanol–water partition coefficient (Wildman–Crippen LogP) is 4.79. The molecule has 1 heterocycles. The van der Waals surface area contributed by atoms with Crippen LogP contribution in [0.2, 0.25) is 0 Å². The van der Waals surface area contributed by atoms with E-state index in [-0.39, 0.29) is 0 Å². The fraction of sp³-hybridized carbons (Fsp3) is 0.250. The van der Waals surface area contributed by atoms with Crippen molar-refractivity contribution in [3.05, 3.63) is 47.2 Å². The van der Waals surface area contributed by atoms with E-state index in [0.29, 0.717) is 5.69 Å². The zero-order valence-electron chi connectivity index (χ0n) is 12.2. The highest BCUT2D eigenvalue weighted by Gasteiger charge is 2.27. The number of anilines is 1. The number of benzene rings is 1. The molecule has 0 aliphatic heterocycles. The van der Waals surface area contributed by atoms with Crippen LogP contribution in [0.5, 0.6) is 0 Å². The highest BCUT2D eigenvalue weighted by atomic mass is 79.9. The highest BCUT2D eigenvalue weighted by Crippen LogP contribution is 2.28. The Hall–Kier alpha value is -1.88. The quantitative estimate of drug-likeness (QED) is 0.848. The first-order valence-corrected chi connectivity index (χ1v) is 7.32. The molecule has 110 valence electrons. The van der Waals surface area contributed by atoms with Crippen LogP contribution in [0.3, 0.4) is 0 Å². The van der Waals surface area contributed by atoms with Crippen molar-refractivity contribution in [2.24, 2.45) is 0 Å². The van der Waals surface area contributed by atoms with Gasteiger partial charge in [0.05, 0.1) is 0 Å². The lowest BCUT2D eigenvalue weighted by Crippen LogP contribution is -2.45. The summed E-state index contributed by atoms with van der Waals surface area (Å²) in [6.45, 7) is 5.60. The van der Waals surface area contributed by atoms with Gasteiger partial charge in [-0.3, -0.25) is 9.88 Å². The average molecular weight is 349 g/mol. The summed E-state index contributed by atoms with van der Waals surface area (Å²) in [5.41, 5.74) is 2.13. The number of aromatic nitrogens is 1. The molecule has 0 unspecified atom stereocenters. The van der Waals surface area contributed by atoms with Crippen LogP contribution in [0.4, 0.5) is 10.5 Å². The Morgan fingerprint density at radius 3 is 2.24 bits per heavy atom. The fourth-order valence-corrected chi connectivity index (χ4v) is 2.52. The smallest absolute Gasteiger partial charge is 0.412 e. The molecule has 0 aliphatic rings. The molecule has 0 saturated heterocycles. The number of hydrogen-bond acceptors (Lipinski definition) is 2. The summed E-state index contributed by atoms with van der Waals surface area (Å²) in [6.07, 6.45) is 2.54. The molecule has 1 amide bonds. The van der Waals surface area contributed by atoms with Crippen LogP contribution in [-0.4, -0.2) is 21.7 Å². The van der Waals surface area contributed by atoms with Gasteiger partial charge in [0.2, 0.25) is 0 Å². The molecule has 0 saturated carbocycles. The van der Waals surface area contributed by atoms with Crippen LogP contribution < -0.4 is 4.90 Å². The van der Waals surface area contributed by atoms with Gasteiger partial charge in [-0.2, -0.15) is 0 Å². The summed E-state index contributed by atoms with van der Waals surface area (Å²) in [5.74, 6) is 0. The van der Waals surface area contributed by atoms with Crippen molar-refractivity contribution in [1.82, 2.24) is 4.98 Å². The van der Waals surface area contributed by atoms with E-state index in [1.165, 1.54) is 4.90 Å². The molecule has 0 radical (unpaired) electrons. The number of nitrogens with zero attached hydrogens (tertiary/aromatic N) is 2. The zero-order valence-corrected chi connectivity index (χ0v) is 13.8. The van der Waals surface area contributed by atoms with E-state index in [2.05, 4.69) is 20.9 Å². The number of pyridine rings is 1. The summed E-state index contributed by atoms with van der Waals surface area (Å²) < 4.78 is 0.908. The first kappa shape index (κ1) is 15.5. The van der Waals surface area contributed by atoms with Gasteiger partial charge in [0.15, 0.2) is 0 Å². The van der Waals surface area contributed by atoms with Gasteiger partial charge in [-0.1, -0.05) is 12.1 Å². The maximum atomic E-state index is 11.5. The largest absolute Gasteiger partial charge is 0.465 e. The summed E-state index contributed by atoms with van der Waals surface area (Å²) in [4.78, 5) is 16.9. The third-order valence-electron chi connectivity index (χ3n) is 3.03. The van der Waals surface area contributed by atoms with Gasteiger partial charge in [-0.25, -0.2) is 4.79 Å². The van der Waals surface area contributed by atoms with Crippen LogP contribution in [0.1, 0.15) is 20.8 Å². The second-order valence-corrected chi connectivity index (χ2v) is 6.64. The number of hydrogen-bond donors (Lipinski definition) is 1. The van der Waals surface area contributed by atoms with Crippen molar-refractivity contribution in [1.29, 1.82) is 0 Å². The first-order chi connectivity index (χ1) is 9.79. The maximum absolute atomic E-state index is 11.5. The highest BCUT2D eigenvalue weighted by molar-refractivity contribution is 9.10. The van der Waals surface area contributed by atoms with Crippen LogP contribution in [0.25, 0.3) is 11.1 Å². The molecule has 0 spiro atoms. The Labute approximate surface area is 132 Å². The molecule has 1 aromatic carbocycles.